The van der Waals surface area contributed by atoms with Crippen molar-refractivity contribution in [2.75, 3.05) is 0 Å². The van der Waals surface area contributed by atoms with Gasteiger partial charge in [0.15, 0.2) is 0 Å². The molecule has 0 aliphatic carbocycles. The molecule has 0 saturated heterocycles. The number of aromatic nitrogens is 2. The standard InChI is InChI=1S/C13H13IN2O/c1-9-3-10(2)5-11(4-9)7-16-8-15-6-12(14)13(16)17/h3-6,8H,7H2,1-2H3. The van der Waals surface area contributed by atoms with Crippen molar-refractivity contribution in [3.63, 3.8) is 0 Å². The SMILES string of the molecule is Cc1cc(C)cc(Cn2cncc(I)c2=O)c1. The van der Waals surface area contributed by atoms with E-state index >= 15 is 0 Å². The summed E-state index contributed by atoms with van der Waals surface area (Å²) in [4.78, 5) is 15.9. The van der Waals surface area contributed by atoms with Gasteiger partial charge in [-0.15, -0.1) is 0 Å². The lowest BCUT2D eigenvalue weighted by molar-refractivity contribution is 0.729. The molecule has 0 aliphatic rings. The average Bonchev–Trinajstić information content (AvgIpc) is 2.23. The minimum atomic E-state index is 0.0137. The first-order valence-corrected chi connectivity index (χ1v) is 6.41. The maximum atomic E-state index is 11.9. The molecule has 2 rings (SSSR count). The molecule has 0 spiro atoms. The second-order valence-electron chi connectivity index (χ2n) is 4.17. The van der Waals surface area contributed by atoms with Crippen LogP contribution in [0.25, 0.3) is 0 Å². The van der Waals surface area contributed by atoms with E-state index in [-0.39, 0.29) is 5.56 Å². The third-order valence-electron chi connectivity index (χ3n) is 2.49. The van der Waals surface area contributed by atoms with Crippen LogP contribution >= 0.6 is 22.6 Å². The zero-order chi connectivity index (χ0) is 12.4. The number of hydrogen-bond acceptors (Lipinski definition) is 2. The van der Waals surface area contributed by atoms with Crippen LogP contribution in [-0.2, 0) is 6.54 Å². The molecule has 3 nitrogen and oxygen atoms in total. The van der Waals surface area contributed by atoms with Crippen molar-refractivity contribution in [2.45, 2.75) is 20.4 Å². The Kier molecular flexibility index (Phi) is 3.61. The Bertz CT molecular complexity index is 584. The van der Waals surface area contributed by atoms with E-state index in [0.29, 0.717) is 10.1 Å². The Morgan fingerprint density at radius 3 is 2.53 bits per heavy atom. The monoisotopic (exact) mass is 340 g/mol. The van der Waals surface area contributed by atoms with Crippen LogP contribution in [0.15, 0.2) is 35.5 Å². The maximum absolute atomic E-state index is 11.9. The van der Waals surface area contributed by atoms with E-state index in [1.54, 1.807) is 17.1 Å². The molecule has 0 amide bonds. The van der Waals surface area contributed by atoms with Crippen molar-refractivity contribution in [3.8, 4) is 0 Å². The number of rotatable bonds is 2. The van der Waals surface area contributed by atoms with Crippen LogP contribution in [0, 0.1) is 17.4 Å². The Labute approximate surface area is 114 Å². The van der Waals surface area contributed by atoms with Gasteiger partial charge in [0, 0.05) is 6.20 Å². The molecule has 0 saturated carbocycles. The summed E-state index contributed by atoms with van der Waals surface area (Å²) in [5.74, 6) is 0. The number of benzene rings is 1. The first-order valence-electron chi connectivity index (χ1n) is 5.33. The van der Waals surface area contributed by atoms with Gasteiger partial charge in [-0.3, -0.25) is 9.36 Å². The van der Waals surface area contributed by atoms with Gasteiger partial charge in [-0.2, -0.15) is 0 Å². The average molecular weight is 340 g/mol. The first-order chi connectivity index (χ1) is 8.06. The molecule has 1 aromatic heterocycles. The molecular formula is C13H13IN2O. The zero-order valence-corrected chi connectivity index (χ0v) is 11.9. The third kappa shape index (κ3) is 2.94. The summed E-state index contributed by atoms with van der Waals surface area (Å²) in [6.45, 7) is 4.70. The van der Waals surface area contributed by atoms with Gasteiger partial charge in [-0.05, 0) is 42.0 Å². The second kappa shape index (κ2) is 5.00. The minimum Gasteiger partial charge on any atom is -0.294 e. The Morgan fingerprint density at radius 2 is 1.88 bits per heavy atom. The van der Waals surface area contributed by atoms with Crippen LogP contribution in [-0.4, -0.2) is 9.55 Å². The van der Waals surface area contributed by atoms with Crippen LogP contribution in [0.4, 0.5) is 0 Å². The highest BCUT2D eigenvalue weighted by Gasteiger charge is 2.02. The lowest BCUT2D eigenvalue weighted by atomic mass is 10.1. The van der Waals surface area contributed by atoms with E-state index in [9.17, 15) is 4.79 Å². The zero-order valence-electron chi connectivity index (χ0n) is 9.77. The molecule has 0 radical (unpaired) electrons. The summed E-state index contributed by atoms with van der Waals surface area (Å²) in [6.07, 6.45) is 3.17. The van der Waals surface area contributed by atoms with Gasteiger partial charge >= 0.3 is 0 Å². The molecule has 1 heterocycles. The highest BCUT2D eigenvalue weighted by molar-refractivity contribution is 14.1. The van der Waals surface area contributed by atoms with Crippen molar-refractivity contribution in [1.82, 2.24) is 9.55 Å². The minimum absolute atomic E-state index is 0.0137. The molecule has 0 atom stereocenters. The van der Waals surface area contributed by atoms with Crippen molar-refractivity contribution in [2.24, 2.45) is 0 Å². The molecule has 88 valence electrons. The molecule has 2 aromatic rings. The predicted molar refractivity (Wildman–Crippen MR) is 76.2 cm³/mol. The number of hydrogen-bond donors (Lipinski definition) is 0. The van der Waals surface area contributed by atoms with Crippen LogP contribution in [0.1, 0.15) is 16.7 Å². The van der Waals surface area contributed by atoms with Gasteiger partial charge in [0.2, 0.25) is 0 Å². The van der Waals surface area contributed by atoms with E-state index in [1.807, 2.05) is 22.6 Å². The van der Waals surface area contributed by atoms with Gasteiger partial charge in [-0.1, -0.05) is 29.3 Å². The summed E-state index contributed by atoms with van der Waals surface area (Å²) < 4.78 is 2.28. The van der Waals surface area contributed by atoms with Crippen LogP contribution in [0.5, 0.6) is 0 Å². The second-order valence-corrected chi connectivity index (χ2v) is 5.33. The summed E-state index contributed by atoms with van der Waals surface area (Å²) in [6, 6.07) is 6.32. The van der Waals surface area contributed by atoms with Crippen LogP contribution < -0.4 is 5.56 Å². The number of nitrogens with zero attached hydrogens (tertiary/aromatic N) is 2. The van der Waals surface area contributed by atoms with Crippen molar-refractivity contribution >= 4 is 22.6 Å². The van der Waals surface area contributed by atoms with Gasteiger partial charge in [0.25, 0.3) is 5.56 Å². The highest BCUT2D eigenvalue weighted by atomic mass is 127. The van der Waals surface area contributed by atoms with E-state index in [1.165, 1.54) is 11.1 Å². The summed E-state index contributed by atoms with van der Waals surface area (Å²) in [7, 11) is 0. The number of aryl methyl sites for hydroxylation is 2. The lowest BCUT2D eigenvalue weighted by Gasteiger charge is -2.07. The Balaban J connectivity index is 2.38. The Hall–Kier alpha value is -1.17. The molecular weight excluding hydrogens is 327 g/mol. The maximum Gasteiger partial charge on any atom is 0.267 e. The van der Waals surface area contributed by atoms with Crippen molar-refractivity contribution < 1.29 is 0 Å². The fourth-order valence-electron chi connectivity index (χ4n) is 1.89. The largest absolute Gasteiger partial charge is 0.294 e. The normalized spacial score (nSPS) is 10.5. The topological polar surface area (TPSA) is 34.9 Å². The van der Waals surface area contributed by atoms with Gasteiger partial charge in [-0.25, -0.2) is 4.98 Å². The predicted octanol–water partition coefficient (Wildman–Crippen LogP) is 2.51. The van der Waals surface area contributed by atoms with E-state index in [4.69, 9.17) is 0 Å². The molecule has 0 bridgehead atoms. The fraction of sp³-hybridized carbons (Fsp3) is 0.231. The quantitative estimate of drug-likeness (QED) is 0.788. The third-order valence-corrected chi connectivity index (χ3v) is 3.23. The van der Waals surface area contributed by atoms with Gasteiger partial charge in [0.05, 0.1) is 16.4 Å². The molecule has 0 fully saturated rings. The van der Waals surface area contributed by atoms with Crippen LogP contribution in [0.3, 0.4) is 0 Å². The molecule has 0 N–H and O–H groups in total. The fourth-order valence-corrected chi connectivity index (χ4v) is 2.36. The number of halogens is 1. The van der Waals surface area contributed by atoms with Crippen molar-refractivity contribution in [1.29, 1.82) is 0 Å². The molecule has 4 heteroatoms. The smallest absolute Gasteiger partial charge is 0.267 e. The molecule has 0 unspecified atom stereocenters. The Morgan fingerprint density at radius 1 is 1.24 bits per heavy atom. The molecule has 1 aromatic carbocycles. The van der Waals surface area contributed by atoms with Crippen molar-refractivity contribution in [3.05, 3.63) is 61.3 Å². The summed E-state index contributed by atoms with van der Waals surface area (Å²) in [5, 5.41) is 0. The van der Waals surface area contributed by atoms with Crippen LogP contribution in [0.2, 0.25) is 0 Å². The van der Waals surface area contributed by atoms with E-state index in [0.717, 1.165) is 5.56 Å². The highest BCUT2D eigenvalue weighted by Crippen LogP contribution is 2.09. The first kappa shape index (κ1) is 12.3. The van der Waals surface area contributed by atoms with E-state index < -0.39 is 0 Å². The summed E-state index contributed by atoms with van der Waals surface area (Å²) >= 11 is 2.01. The van der Waals surface area contributed by atoms with E-state index in [2.05, 4.69) is 37.0 Å². The molecule has 0 aliphatic heterocycles. The summed E-state index contributed by atoms with van der Waals surface area (Å²) in [5.41, 5.74) is 3.58. The van der Waals surface area contributed by atoms with Gasteiger partial charge in [0.1, 0.15) is 0 Å². The lowest BCUT2D eigenvalue weighted by Crippen LogP contribution is -2.22. The van der Waals surface area contributed by atoms with Gasteiger partial charge < -0.3 is 0 Å². The molecule has 17 heavy (non-hydrogen) atoms.